The Kier molecular flexibility index (Phi) is 6.29. The van der Waals surface area contributed by atoms with Gasteiger partial charge in [0.05, 0.1) is 47.3 Å². The first-order valence-corrected chi connectivity index (χ1v) is 12.3. The van der Waals surface area contributed by atoms with E-state index in [0.29, 0.717) is 37.5 Å². The van der Waals surface area contributed by atoms with Crippen LogP contribution in [0, 0.1) is 10.1 Å². The maximum atomic E-state index is 12.9. The van der Waals surface area contributed by atoms with E-state index in [4.69, 9.17) is 4.74 Å². The van der Waals surface area contributed by atoms with Gasteiger partial charge < -0.3 is 15.0 Å². The topological polar surface area (TPSA) is 137 Å². The van der Waals surface area contributed by atoms with Crippen LogP contribution in [0.15, 0.2) is 42.6 Å². The van der Waals surface area contributed by atoms with Gasteiger partial charge in [0.15, 0.2) is 0 Å². The number of benzene rings is 2. The normalized spacial score (nSPS) is 14.4. The van der Waals surface area contributed by atoms with Gasteiger partial charge in [-0.15, -0.1) is 0 Å². The first-order chi connectivity index (χ1) is 15.7. The molecule has 1 aliphatic rings. The molecular formula is C21H23N5O6S. The van der Waals surface area contributed by atoms with Crippen LogP contribution in [0.25, 0.3) is 10.9 Å². The molecule has 1 N–H and O–H groups in total. The summed E-state index contributed by atoms with van der Waals surface area (Å²) < 4.78 is 30.0. The molecule has 1 aliphatic heterocycles. The van der Waals surface area contributed by atoms with E-state index >= 15 is 0 Å². The van der Waals surface area contributed by atoms with Gasteiger partial charge in [0.25, 0.3) is 11.6 Å². The van der Waals surface area contributed by atoms with Crippen LogP contribution < -0.4 is 10.2 Å². The lowest BCUT2D eigenvalue weighted by atomic mass is 10.1. The average molecular weight is 474 g/mol. The van der Waals surface area contributed by atoms with Crippen LogP contribution in [-0.2, 0) is 21.1 Å². The van der Waals surface area contributed by atoms with E-state index in [1.54, 1.807) is 16.9 Å². The Morgan fingerprint density at radius 1 is 1.24 bits per heavy atom. The molecule has 1 fully saturated rings. The van der Waals surface area contributed by atoms with Crippen LogP contribution >= 0.6 is 0 Å². The number of hydrogen-bond donors (Lipinski definition) is 1. The van der Waals surface area contributed by atoms with Crippen LogP contribution in [0.3, 0.4) is 0 Å². The Labute approximate surface area is 190 Å². The summed E-state index contributed by atoms with van der Waals surface area (Å²) in [6.45, 7) is 2.55. The summed E-state index contributed by atoms with van der Waals surface area (Å²) in [5.74, 6) is -0.509. The van der Waals surface area contributed by atoms with Crippen molar-refractivity contribution in [3.63, 3.8) is 0 Å². The third-order valence-corrected chi connectivity index (χ3v) is 6.20. The highest BCUT2D eigenvalue weighted by atomic mass is 32.2. The van der Waals surface area contributed by atoms with Crippen molar-refractivity contribution < 1.29 is 22.9 Å². The van der Waals surface area contributed by atoms with Crippen molar-refractivity contribution in [2.75, 3.05) is 48.5 Å². The number of rotatable bonds is 7. The SMILES string of the molecule is CS(=O)(=O)CCn1cc2cc(NC(=O)c3cccc([N+](=O)[O-])c3)c(N3CCOCC3)cc2n1. The monoisotopic (exact) mass is 473 g/mol. The molecule has 11 nitrogen and oxygen atoms in total. The van der Waals surface area contributed by atoms with Crippen molar-refractivity contribution in [2.24, 2.45) is 0 Å². The number of amides is 1. The minimum absolute atomic E-state index is 0.0340. The third kappa shape index (κ3) is 5.46. The quantitative estimate of drug-likeness (QED) is 0.407. The molecule has 0 unspecified atom stereocenters. The molecule has 0 radical (unpaired) electrons. The lowest BCUT2D eigenvalue weighted by Crippen LogP contribution is -2.36. The number of morpholine rings is 1. The summed E-state index contributed by atoms with van der Waals surface area (Å²) >= 11 is 0. The van der Waals surface area contributed by atoms with Crippen molar-refractivity contribution in [3.8, 4) is 0 Å². The number of fused-ring (bicyclic) bond motifs is 1. The van der Waals surface area contributed by atoms with Gasteiger partial charge in [0, 0.05) is 48.6 Å². The van der Waals surface area contributed by atoms with Gasteiger partial charge in [-0.05, 0) is 18.2 Å². The minimum atomic E-state index is -3.14. The zero-order valence-electron chi connectivity index (χ0n) is 17.9. The Morgan fingerprint density at radius 2 is 2.00 bits per heavy atom. The van der Waals surface area contributed by atoms with E-state index in [0.717, 1.165) is 11.1 Å². The number of non-ortho nitro benzene ring substituents is 1. The summed E-state index contributed by atoms with van der Waals surface area (Å²) in [5.41, 5.74) is 1.94. The van der Waals surface area contributed by atoms with Gasteiger partial charge in [-0.25, -0.2) is 8.42 Å². The third-order valence-electron chi connectivity index (χ3n) is 5.28. The molecule has 174 valence electrons. The highest BCUT2D eigenvalue weighted by molar-refractivity contribution is 7.90. The van der Waals surface area contributed by atoms with Gasteiger partial charge in [-0.2, -0.15) is 5.10 Å². The van der Waals surface area contributed by atoms with Gasteiger partial charge >= 0.3 is 0 Å². The first-order valence-electron chi connectivity index (χ1n) is 10.3. The largest absolute Gasteiger partial charge is 0.378 e. The van der Waals surface area contributed by atoms with Crippen LogP contribution in [-0.4, -0.2) is 67.3 Å². The molecule has 0 bridgehead atoms. The summed E-state index contributed by atoms with van der Waals surface area (Å²) in [6, 6.07) is 9.15. The molecule has 12 heteroatoms. The Morgan fingerprint density at radius 3 is 2.70 bits per heavy atom. The average Bonchev–Trinajstić information content (AvgIpc) is 3.19. The van der Waals surface area contributed by atoms with Crippen molar-refractivity contribution >= 4 is 43.7 Å². The summed E-state index contributed by atoms with van der Waals surface area (Å²) in [4.78, 5) is 25.5. The Bertz CT molecular complexity index is 1310. The van der Waals surface area contributed by atoms with Crippen LogP contribution in [0.4, 0.5) is 17.1 Å². The van der Waals surface area contributed by atoms with E-state index in [2.05, 4.69) is 15.3 Å². The number of aromatic nitrogens is 2. The van der Waals surface area contributed by atoms with Gasteiger partial charge in [0.2, 0.25) is 0 Å². The van der Waals surface area contributed by atoms with Crippen molar-refractivity contribution in [2.45, 2.75) is 6.54 Å². The maximum Gasteiger partial charge on any atom is 0.270 e. The molecule has 1 amide bonds. The van der Waals surface area contributed by atoms with Crippen molar-refractivity contribution in [1.29, 1.82) is 0 Å². The van der Waals surface area contributed by atoms with Gasteiger partial charge in [-0.3, -0.25) is 19.6 Å². The van der Waals surface area contributed by atoms with E-state index in [1.807, 2.05) is 6.07 Å². The lowest BCUT2D eigenvalue weighted by Gasteiger charge is -2.30. The molecule has 2 aromatic carbocycles. The summed E-state index contributed by atoms with van der Waals surface area (Å²) in [6.07, 6.45) is 2.90. The number of carbonyl (C=O) groups excluding carboxylic acids is 1. The second kappa shape index (κ2) is 9.16. The molecule has 1 aromatic heterocycles. The van der Waals surface area contributed by atoms with Crippen LogP contribution in [0.5, 0.6) is 0 Å². The number of sulfone groups is 1. The Hall–Kier alpha value is -3.51. The number of ether oxygens (including phenoxy) is 1. The van der Waals surface area contributed by atoms with Gasteiger partial charge in [-0.1, -0.05) is 6.07 Å². The molecular weight excluding hydrogens is 450 g/mol. The number of nitro groups is 1. The standard InChI is InChI=1S/C21H23N5O6S/c1-33(30,31)10-7-25-14-16-12-19(20(13-18(16)23-25)24-5-8-32-9-6-24)22-21(27)15-3-2-4-17(11-15)26(28)29/h2-4,11-14H,5-10H2,1H3,(H,22,27). The molecule has 0 aliphatic carbocycles. The zero-order chi connectivity index (χ0) is 23.6. The van der Waals surface area contributed by atoms with E-state index in [-0.39, 0.29) is 23.5 Å². The number of nitrogens with one attached hydrogen (secondary N) is 1. The molecule has 4 rings (SSSR count). The van der Waals surface area contributed by atoms with Crippen molar-refractivity contribution in [3.05, 3.63) is 58.3 Å². The van der Waals surface area contributed by atoms with Crippen molar-refractivity contribution in [1.82, 2.24) is 9.78 Å². The maximum absolute atomic E-state index is 12.9. The minimum Gasteiger partial charge on any atom is -0.378 e. The predicted octanol–water partition coefficient (Wildman–Crippen LogP) is 2.08. The number of nitrogens with zero attached hydrogens (tertiary/aromatic N) is 4. The number of nitro benzene ring substituents is 1. The van der Waals surface area contributed by atoms with Gasteiger partial charge in [0.1, 0.15) is 9.84 Å². The smallest absolute Gasteiger partial charge is 0.270 e. The highest BCUT2D eigenvalue weighted by Crippen LogP contribution is 2.32. The predicted molar refractivity (Wildman–Crippen MR) is 124 cm³/mol. The lowest BCUT2D eigenvalue weighted by molar-refractivity contribution is -0.384. The van der Waals surface area contributed by atoms with E-state index in [1.165, 1.54) is 30.5 Å². The fourth-order valence-electron chi connectivity index (χ4n) is 3.61. The molecule has 0 atom stereocenters. The summed E-state index contributed by atoms with van der Waals surface area (Å²) in [5, 5.41) is 19.2. The second-order valence-corrected chi connectivity index (χ2v) is 10.1. The summed E-state index contributed by atoms with van der Waals surface area (Å²) in [7, 11) is -3.14. The number of carbonyl (C=O) groups is 1. The van der Waals surface area contributed by atoms with E-state index < -0.39 is 20.7 Å². The first kappa shape index (κ1) is 22.7. The molecule has 2 heterocycles. The molecule has 3 aromatic rings. The second-order valence-electron chi connectivity index (χ2n) is 7.81. The molecule has 0 spiro atoms. The zero-order valence-corrected chi connectivity index (χ0v) is 18.7. The number of aryl methyl sites for hydroxylation is 1. The highest BCUT2D eigenvalue weighted by Gasteiger charge is 2.20. The molecule has 1 saturated heterocycles. The molecule has 0 saturated carbocycles. The Balaban J connectivity index is 1.68. The van der Waals surface area contributed by atoms with Crippen LogP contribution in [0.2, 0.25) is 0 Å². The number of hydrogen-bond acceptors (Lipinski definition) is 8. The molecule has 33 heavy (non-hydrogen) atoms. The fraction of sp³-hybridized carbons (Fsp3) is 0.333. The number of anilines is 2. The van der Waals surface area contributed by atoms with E-state index in [9.17, 15) is 23.3 Å². The van der Waals surface area contributed by atoms with Crippen LogP contribution in [0.1, 0.15) is 10.4 Å². The fourth-order valence-corrected chi connectivity index (χ4v) is 4.13.